The van der Waals surface area contributed by atoms with Crippen molar-refractivity contribution in [2.24, 2.45) is 0 Å². The van der Waals surface area contributed by atoms with Crippen LogP contribution in [0.25, 0.3) is 0 Å². The van der Waals surface area contributed by atoms with Gasteiger partial charge in [0, 0.05) is 11.8 Å². The van der Waals surface area contributed by atoms with Crippen molar-refractivity contribution < 1.29 is 13.6 Å². The highest BCUT2D eigenvalue weighted by Gasteiger charge is 2.11. The van der Waals surface area contributed by atoms with Crippen molar-refractivity contribution >= 4 is 11.6 Å². The number of hydrogen-bond acceptors (Lipinski definition) is 2. The summed E-state index contributed by atoms with van der Waals surface area (Å²) in [6.45, 7) is 0. The Morgan fingerprint density at radius 3 is 2.94 bits per heavy atom. The molecule has 1 aromatic heterocycles. The van der Waals surface area contributed by atoms with Crippen molar-refractivity contribution in [2.75, 3.05) is 5.32 Å². The van der Waals surface area contributed by atoms with Crippen molar-refractivity contribution in [3.8, 4) is 0 Å². The average Bonchev–Trinajstić information content (AvgIpc) is 2.77. The predicted octanol–water partition coefficient (Wildman–Crippen LogP) is 1.87. The van der Waals surface area contributed by atoms with Gasteiger partial charge in [-0.25, -0.2) is 8.78 Å². The lowest BCUT2D eigenvalue weighted by molar-refractivity contribution is -0.115. The van der Waals surface area contributed by atoms with Gasteiger partial charge in [0.25, 0.3) is 0 Å². The van der Waals surface area contributed by atoms with Crippen LogP contribution in [0.4, 0.5) is 14.5 Å². The molecule has 0 unspecified atom stereocenters. The van der Waals surface area contributed by atoms with Gasteiger partial charge in [-0.1, -0.05) is 12.1 Å². The molecule has 88 valence electrons. The minimum absolute atomic E-state index is 0.0194. The number of carbonyl (C=O) groups is 1. The third kappa shape index (κ3) is 2.66. The van der Waals surface area contributed by atoms with Crippen LogP contribution in [-0.2, 0) is 11.2 Å². The Hall–Kier alpha value is -2.24. The maximum Gasteiger partial charge on any atom is 0.228 e. The number of anilines is 1. The van der Waals surface area contributed by atoms with E-state index in [4.69, 9.17) is 0 Å². The van der Waals surface area contributed by atoms with Crippen LogP contribution in [0.15, 0.2) is 30.6 Å². The summed E-state index contributed by atoms with van der Waals surface area (Å²) < 4.78 is 26.2. The first-order valence-corrected chi connectivity index (χ1v) is 4.88. The predicted molar refractivity (Wildman–Crippen MR) is 57.3 cm³/mol. The third-order valence-electron chi connectivity index (χ3n) is 2.16. The Morgan fingerprint density at radius 1 is 1.41 bits per heavy atom. The van der Waals surface area contributed by atoms with Crippen LogP contribution in [0, 0.1) is 11.6 Å². The van der Waals surface area contributed by atoms with E-state index in [-0.39, 0.29) is 12.0 Å². The number of carbonyl (C=O) groups excluding carboxylic acids is 1. The largest absolute Gasteiger partial charge is 0.323 e. The number of aromatic amines is 1. The normalized spacial score (nSPS) is 10.2. The second-order valence-electron chi connectivity index (χ2n) is 3.42. The van der Waals surface area contributed by atoms with Gasteiger partial charge >= 0.3 is 0 Å². The minimum atomic E-state index is -0.991. The smallest absolute Gasteiger partial charge is 0.228 e. The molecular formula is C11H9F2N3O. The molecule has 1 heterocycles. The number of nitrogens with one attached hydrogen (secondary N) is 2. The molecule has 1 amide bonds. The van der Waals surface area contributed by atoms with Gasteiger partial charge in [-0.2, -0.15) is 5.10 Å². The quantitative estimate of drug-likeness (QED) is 0.856. The van der Waals surface area contributed by atoms with Gasteiger partial charge in [0.1, 0.15) is 0 Å². The molecule has 0 aliphatic carbocycles. The highest BCUT2D eigenvalue weighted by molar-refractivity contribution is 5.91. The maximum absolute atomic E-state index is 13.3. The lowest BCUT2D eigenvalue weighted by Gasteiger charge is -2.04. The molecule has 1 aromatic carbocycles. The first-order valence-electron chi connectivity index (χ1n) is 4.88. The molecule has 2 rings (SSSR count). The van der Waals surface area contributed by atoms with Gasteiger partial charge in [-0.15, -0.1) is 0 Å². The first-order chi connectivity index (χ1) is 8.16. The Kier molecular flexibility index (Phi) is 3.13. The van der Waals surface area contributed by atoms with Crippen molar-refractivity contribution in [2.45, 2.75) is 6.42 Å². The van der Waals surface area contributed by atoms with Crippen LogP contribution < -0.4 is 5.32 Å². The third-order valence-corrected chi connectivity index (χ3v) is 2.16. The molecule has 17 heavy (non-hydrogen) atoms. The van der Waals surface area contributed by atoms with E-state index in [1.807, 2.05) is 0 Å². The molecule has 0 atom stereocenters. The first kappa shape index (κ1) is 11.3. The van der Waals surface area contributed by atoms with E-state index in [0.717, 1.165) is 6.07 Å². The van der Waals surface area contributed by atoms with Crippen LogP contribution >= 0.6 is 0 Å². The summed E-state index contributed by atoms with van der Waals surface area (Å²) in [5.41, 5.74) is 0.498. The summed E-state index contributed by atoms with van der Waals surface area (Å²) in [5, 5.41) is 8.66. The van der Waals surface area contributed by atoms with Gasteiger partial charge in [0.2, 0.25) is 5.91 Å². The molecular weight excluding hydrogens is 228 g/mol. The number of nitrogens with zero attached hydrogens (tertiary/aromatic N) is 1. The van der Waals surface area contributed by atoms with Crippen molar-refractivity contribution in [1.29, 1.82) is 0 Å². The molecule has 6 heteroatoms. The van der Waals surface area contributed by atoms with E-state index in [1.54, 1.807) is 0 Å². The number of hydrogen-bond donors (Lipinski definition) is 2. The van der Waals surface area contributed by atoms with Crippen molar-refractivity contribution in [3.05, 3.63) is 47.8 Å². The number of halogens is 2. The van der Waals surface area contributed by atoms with E-state index in [0.29, 0.717) is 5.69 Å². The Bertz CT molecular complexity index is 526. The van der Waals surface area contributed by atoms with Gasteiger partial charge in [-0.3, -0.25) is 9.89 Å². The molecule has 0 saturated heterocycles. The van der Waals surface area contributed by atoms with Gasteiger partial charge in [0.15, 0.2) is 11.6 Å². The lowest BCUT2D eigenvalue weighted by atomic mass is 10.1. The van der Waals surface area contributed by atoms with E-state index in [1.165, 1.54) is 24.5 Å². The number of aromatic nitrogens is 2. The van der Waals surface area contributed by atoms with Crippen molar-refractivity contribution in [1.82, 2.24) is 10.2 Å². The van der Waals surface area contributed by atoms with E-state index < -0.39 is 17.5 Å². The SMILES string of the molecule is O=C(Cc1cccc(F)c1F)Nc1cn[nH]c1. The molecule has 2 N–H and O–H groups in total. The van der Waals surface area contributed by atoms with Gasteiger partial charge in [0.05, 0.1) is 18.3 Å². The zero-order valence-electron chi connectivity index (χ0n) is 8.71. The standard InChI is InChI=1S/C11H9F2N3O/c12-9-3-1-2-7(11(9)13)4-10(17)16-8-5-14-15-6-8/h1-3,5-6H,4H2,(H,14,15)(H,16,17). The monoisotopic (exact) mass is 237 g/mol. The fourth-order valence-corrected chi connectivity index (χ4v) is 1.38. The molecule has 2 aromatic rings. The van der Waals surface area contributed by atoms with Crippen LogP contribution in [0.5, 0.6) is 0 Å². The minimum Gasteiger partial charge on any atom is -0.323 e. The lowest BCUT2D eigenvalue weighted by Crippen LogP contribution is -2.15. The molecule has 0 spiro atoms. The summed E-state index contributed by atoms with van der Waals surface area (Å²) in [4.78, 5) is 11.5. The molecule has 0 aliphatic heterocycles. The van der Waals surface area contributed by atoms with Crippen LogP contribution in [0.1, 0.15) is 5.56 Å². The summed E-state index contributed by atoms with van der Waals surface area (Å²) in [6, 6.07) is 3.74. The summed E-state index contributed by atoms with van der Waals surface area (Å²) in [5.74, 6) is -2.38. The van der Waals surface area contributed by atoms with Gasteiger partial charge in [-0.05, 0) is 6.07 Å². The molecule has 0 aliphatic rings. The summed E-state index contributed by atoms with van der Waals surface area (Å²) in [6.07, 6.45) is 2.68. The van der Waals surface area contributed by atoms with Crippen LogP contribution in [-0.4, -0.2) is 16.1 Å². The van der Waals surface area contributed by atoms with E-state index >= 15 is 0 Å². The number of amides is 1. The number of rotatable bonds is 3. The Labute approximate surface area is 95.7 Å². The second kappa shape index (κ2) is 4.73. The summed E-state index contributed by atoms with van der Waals surface area (Å²) >= 11 is 0. The fraction of sp³-hybridized carbons (Fsp3) is 0.0909. The van der Waals surface area contributed by atoms with Crippen LogP contribution in [0.3, 0.4) is 0 Å². The average molecular weight is 237 g/mol. The molecule has 0 saturated carbocycles. The summed E-state index contributed by atoms with van der Waals surface area (Å²) in [7, 11) is 0. The highest BCUT2D eigenvalue weighted by Crippen LogP contribution is 2.12. The number of H-pyrrole nitrogens is 1. The van der Waals surface area contributed by atoms with E-state index in [2.05, 4.69) is 15.5 Å². The molecule has 0 bridgehead atoms. The zero-order chi connectivity index (χ0) is 12.3. The zero-order valence-corrected chi connectivity index (χ0v) is 8.71. The second-order valence-corrected chi connectivity index (χ2v) is 3.42. The van der Waals surface area contributed by atoms with Crippen molar-refractivity contribution in [3.63, 3.8) is 0 Å². The Morgan fingerprint density at radius 2 is 2.24 bits per heavy atom. The van der Waals surface area contributed by atoms with Gasteiger partial charge < -0.3 is 5.32 Å². The Balaban J connectivity index is 2.06. The molecule has 0 radical (unpaired) electrons. The molecule has 0 fully saturated rings. The maximum atomic E-state index is 13.3. The van der Waals surface area contributed by atoms with E-state index in [9.17, 15) is 13.6 Å². The molecule has 4 nitrogen and oxygen atoms in total. The fourth-order valence-electron chi connectivity index (χ4n) is 1.38. The number of benzene rings is 1. The highest BCUT2D eigenvalue weighted by atomic mass is 19.2. The topological polar surface area (TPSA) is 57.8 Å². The van der Waals surface area contributed by atoms with Crippen LogP contribution in [0.2, 0.25) is 0 Å².